The monoisotopic (exact) mass is 912 g/mol. The molecule has 1 unspecified atom stereocenters. The Bertz CT molecular complexity index is 2820. The van der Waals surface area contributed by atoms with Gasteiger partial charge in [-0.2, -0.15) is 4.31 Å². The summed E-state index contributed by atoms with van der Waals surface area (Å²) in [4.78, 5) is 52.2. The number of carbonyl (C=O) groups is 4. The van der Waals surface area contributed by atoms with Gasteiger partial charge in [-0.1, -0.05) is 54.1 Å². The number of aliphatic hydroxyl groups is 1. The molecule has 5 aromatic rings. The number of benzene rings is 5. The van der Waals surface area contributed by atoms with Crippen molar-refractivity contribution in [1.29, 1.82) is 0 Å². The van der Waals surface area contributed by atoms with Crippen molar-refractivity contribution in [2.24, 2.45) is 5.92 Å². The van der Waals surface area contributed by atoms with E-state index in [-0.39, 0.29) is 66.4 Å². The number of halogens is 1. The molecule has 0 aromatic heterocycles. The summed E-state index contributed by atoms with van der Waals surface area (Å²) in [5, 5.41) is 22.5. The van der Waals surface area contributed by atoms with Crippen molar-refractivity contribution in [2.75, 3.05) is 35.6 Å². The van der Waals surface area contributed by atoms with E-state index in [0.29, 0.717) is 68.4 Å². The zero-order valence-corrected chi connectivity index (χ0v) is 37.5. The van der Waals surface area contributed by atoms with Gasteiger partial charge in [0.15, 0.2) is 0 Å². The van der Waals surface area contributed by atoms with Crippen molar-refractivity contribution >= 4 is 50.7 Å². The van der Waals surface area contributed by atoms with Gasteiger partial charge in [-0.15, -0.1) is 0 Å². The van der Waals surface area contributed by atoms with Crippen molar-refractivity contribution in [1.82, 2.24) is 14.5 Å². The van der Waals surface area contributed by atoms with Crippen LogP contribution in [0.25, 0.3) is 11.1 Å². The average molecular weight is 913 g/mol. The standard InChI is InChI=1S/C51H53FN6O7S/c1-31-13-18-37(19-14-31)66(64,65)58-25-23-39-45(30-59)55-44-20-17-35(28-40(44)49(39)58)34-8-2-9-36(27-34)54-47(60)12-3-7-33-16-15-32(26-42(33)52)6-5-24-53-43-11-4-10-38-41(43)29-57(51(38)63)46-21-22-48(61)56-50(46)62/h2,4,8-11,13-20,26-28,39,45-46,49,53,55,59H,3,5-7,12,21-25,29-30H2,1H3,(H,54,60)(H,56,61,62)/t39-,45+,46?,49-/m1/s1. The smallest absolute Gasteiger partial charge is 0.255 e. The van der Waals surface area contributed by atoms with Crippen molar-refractivity contribution in [2.45, 2.75) is 87.9 Å². The van der Waals surface area contributed by atoms with Crippen LogP contribution in [0.3, 0.4) is 0 Å². The van der Waals surface area contributed by atoms with Gasteiger partial charge < -0.3 is 26.0 Å². The van der Waals surface area contributed by atoms with E-state index in [0.717, 1.165) is 44.8 Å². The first kappa shape index (κ1) is 44.8. The van der Waals surface area contributed by atoms with Gasteiger partial charge in [0, 0.05) is 66.6 Å². The number of nitrogens with zero attached hydrogens (tertiary/aromatic N) is 2. The molecule has 66 heavy (non-hydrogen) atoms. The molecule has 0 aliphatic carbocycles. The quantitative estimate of drug-likeness (QED) is 0.0542. The highest BCUT2D eigenvalue weighted by Crippen LogP contribution is 2.49. The molecule has 4 amide bonds. The second-order valence-corrected chi connectivity index (χ2v) is 19.6. The molecule has 13 nitrogen and oxygen atoms in total. The topological polar surface area (TPSA) is 177 Å². The summed E-state index contributed by atoms with van der Waals surface area (Å²) in [5.74, 6) is -1.62. The van der Waals surface area contributed by atoms with Crippen LogP contribution in [0.1, 0.15) is 82.7 Å². The summed E-state index contributed by atoms with van der Waals surface area (Å²) in [6, 6.07) is 29.5. The molecule has 0 spiro atoms. The number of aryl methyl sites for hydroxylation is 3. The number of carbonyl (C=O) groups excluding carboxylic acids is 4. The van der Waals surface area contributed by atoms with Gasteiger partial charge >= 0.3 is 0 Å². The number of aliphatic hydroxyl groups excluding tert-OH is 1. The summed E-state index contributed by atoms with van der Waals surface area (Å²) in [6.07, 6.45) is 3.49. The summed E-state index contributed by atoms with van der Waals surface area (Å²) in [7, 11) is -3.82. The number of piperidine rings is 1. The number of sulfonamides is 1. The van der Waals surface area contributed by atoms with Crippen LogP contribution in [0.2, 0.25) is 0 Å². The lowest BCUT2D eigenvalue weighted by molar-refractivity contribution is -0.137. The Morgan fingerprint density at radius 1 is 0.894 bits per heavy atom. The molecule has 342 valence electrons. The largest absolute Gasteiger partial charge is 0.394 e. The first-order chi connectivity index (χ1) is 31.9. The number of hydrogen-bond acceptors (Lipinski definition) is 9. The average Bonchev–Trinajstić information content (AvgIpc) is 3.91. The molecule has 0 saturated carbocycles. The third-order valence-electron chi connectivity index (χ3n) is 13.4. The number of fused-ring (bicyclic) bond motifs is 4. The van der Waals surface area contributed by atoms with E-state index in [4.69, 9.17) is 0 Å². The Labute approximate surface area is 383 Å². The molecule has 4 atom stereocenters. The summed E-state index contributed by atoms with van der Waals surface area (Å²) >= 11 is 0. The van der Waals surface area contributed by atoms with Gasteiger partial charge in [0.25, 0.3) is 5.91 Å². The van der Waals surface area contributed by atoms with Crippen LogP contribution in [-0.4, -0.2) is 78.1 Å². The van der Waals surface area contributed by atoms with E-state index in [2.05, 4.69) is 21.3 Å². The molecule has 2 fully saturated rings. The van der Waals surface area contributed by atoms with Gasteiger partial charge in [-0.25, -0.2) is 12.8 Å². The van der Waals surface area contributed by atoms with Crippen LogP contribution in [-0.2, 0) is 43.8 Å². The minimum absolute atomic E-state index is 0.119. The first-order valence-corrected chi connectivity index (χ1v) is 24.1. The minimum atomic E-state index is -3.82. The van der Waals surface area contributed by atoms with Gasteiger partial charge in [-0.3, -0.25) is 24.5 Å². The van der Waals surface area contributed by atoms with E-state index in [1.807, 2.05) is 61.5 Å². The van der Waals surface area contributed by atoms with Crippen molar-refractivity contribution in [3.8, 4) is 11.1 Å². The van der Waals surface area contributed by atoms with E-state index < -0.39 is 28.0 Å². The maximum Gasteiger partial charge on any atom is 0.255 e. The van der Waals surface area contributed by atoms with E-state index in [9.17, 15) is 32.7 Å². The highest BCUT2D eigenvalue weighted by Gasteiger charge is 2.48. The Hall–Kier alpha value is -6.42. The lowest BCUT2D eigenvalue weighted by Crippen LogP contribution is -2.52. The Balaban J connectivity index is 0.770. The second kappa shape index (κ2) is 18.8. The fourth-order valence-electron chi connectivity index (χ4n) is 9.97. The second-order valence-electron chi connectivity index (χ2n) is 17.7. The van der Waals surface area contributed by atoms with Crippen molar-refractivity contribution in [3.05, 3.63) is 142 Å². The van der Waals surface area contributed by atoms with Gasteiger partial charge in [0.05, 0.1) is 23.6 Å². The zero-order valence-electron chi connectivity index (χ0n) is 36.7. The maximum absolute atomic E-state index is 15.3. The molecule has 15 heteroatoms. The highest BCUT2D eigenvalue weighted by atomic mass is 32.2. The fourth-order valence-corrected chi connectivity index (χ4v) is 11.6. The minimum Gasteiger partial charge on any atom is -0.394 e. The number of imide groups is 1. The molecule has 0 bridgehead atoms. The van der Waals surface area contributed by atoms with Crippen LogP contribution < -0.4 is 21.3 Å². The maximum atomic E-state index is 15.3. The summed E-state index contributed by atoms with van der Waals surface area (Å²) in [6.45, 7) is 3.00. The highest BCUT2D eigenvalue weighted by molar-refractivity contribution is 7.89. The Morgan fingerprint density at radius 3 is 2.48 bits per heavy atom. The number of hydrogen-bond donors (Lipinski definition) is 5. The van der Waals surface area contributed by atoms with Crippen LogP contribution >= 0.6 is 0 Å². The van der Waals surface area contributed by atoms with Gasteiger partial charge in [0.2, 0.25) is 27.7 Å². The van der Waals surface area contributed by atoms with Gasteiger partial charge in [0.1, 0.15) is 11.9 Å². The molecule has 4 aliphatic rings. The lowest BCUT2D eigenvalue weighted by atomic mass is 9.82. The van der Waals surface area contributed by atoms with Crippen LogP contribution in [0, 0.1) is 18.7 Å². The number of amides is 4. The molecule has 2 saturated heterocycles. The molecular formula is C51H53FN6O7S. The predicted octanol–water partition coefficient (Wildman–Crippen LogP) is 7.11. The third kappa shape index (κ3) is 9.07. The zero-order chi connectivity index (χ0) is 46.1. The van der Waals surface area contributed by atoms with Crippen LogP contribution in [0.4, 0.5) is 21.5 Å². The first-order valence-electron chi connectivity index (χ1n) is 22.7. The molecule has 9 rings (SSSR count). The SMILES string of the molecule is Cc1ccc(S(=O)(=O)N2CC[C@@H]3[C@H](CO)Nc4ccc(-c5cccc(NC(=O)CCCc6ccc(CCCNc7cccc8c7CN(C7CCC(=O)NC7=O)C8=O)cc6F)c5)cc4[C@@H]32)cc1. The summed E-state index contributed by atoms with van der Waals surface area (Å²) < 4.78 is 44.9. The molecule has 0 radical (unpaired) electrons. The number of rotatable bonds is 15. The number of nitrogens with one attached hydrogen (secondary N) is 4. The van der Waals surface area contributed by atoms with Crippen molar-refractivity contribution < 1.29 is 37.1 Å². The van der Waals surface area contributed by atoms with E-state index in [1.165, 1.54) is 4.90 Å². The normalized spacial score (nSPS) is 20.3. The lowest BCUT2D eigenvalue weighted by Gasteiger charge is -2.39. The third-order valence-corrected chi connectivity index (χ3v) is 15.3. The van der Waals surface area contributed by atoms with Crippen LogP contribution in [0.15, 0.2) is 108 Å². The molecular weight excluding hydrogens is 860 g/mol. The Kier molecular flexibility index (Phi) is 12.8. The van der Waals surface area contributed by atoms with E-state index in [1.54, 1.807) is 52.8 Å². The Morgan fingerprint density at radius 2 is 1.70 bits per heavy atom. The molecule has 5 N–H and O–H groups in total. The van der Waals surface area contributed by atoms with E-state index >= 15 is 4.39 Å². The molecule has 5 aromatic carbocycles. The van der Waals surface area contributed by atoms with Gasteiger partial charge in [-0.05, 0) is 128 Å². The van der Waals surface area contributed by atoms with Crippen LogP contribution in [0.5, 0.6) is 0 Å². The number of anilines is 3. The fraction of sp³-hybridized carbons (Fsp3) is 0.333. The predicted molar refractivity (Wildman–Crippen MR) is 250 cm³/mol. The molecule has 4 heterocycles. The molecule has 4 aliphatic heterocycles. The van der Waals surface area contributed by atoms with Crippen molar-refractivity contribution in [3.63, 3.8) is 0 Å². The summed E-state index contributed by atoms with van der Waals surface area (Å²) in [5.41, 5.74) is 8.47.